The van der Waals surface area contributed by atoms with E-state index in [1.54, 1.807) is 0 Å². The monoisotopic (exact) mass is 359 g/mol. The van der Waals surface area contributed by atoms with Crippen LogP contribution in [0.2, 0.25) is 0 Å². The maximum absolute atomic E-state index is 6.16. The Morgan fingerprint density at radius 2 is 1.33 bits per heavy atom. The van der Waals surface area contributed by atoms with Gasteiger partial charge in [-0.1, -0.05) is 60.7 Å². The molecule has 0 radical (unpaired) electrons. The van der Waals surface area contributed by atoms with Crippen molar-refractivity contribution in [2.75, 3.05) is 6.54 Å². The van der Waals surface area contributed by atoms with Crippen molar-refractivity contribution < 1.29 is 9.47 Å². The third-order valence-electron chi connectivity index (χ3n) is 5.17. The van der Waals surface area contributed by atoms with Gasteiger partial charge in [-0.05, 0) is 59.7 Å². The summed E-state index contributed by atoms with van der Waals surface area (Å²) in [6.45, 7) is 1.73. The summed E-state index contributed by atoms with van der Waals surface area (Å²) in [6, 6.07) is 24.7. The second-order valence-corrected chi connectivity index (χ2v) is 7.02. The van der Waals surface area contributed by atoms with Crippen LogP contribution >= 0.6 is 0 Å². The van der Waals surface area contributed by atoms with Crippen LogP contribution in [0.5, 0.6) is 11.5 Å². The lowest BCUT2D eigenvalue weighted by molar-refractivity contribution is 0.255. The van der Waals surface area contributed by atoms with Gasteiger partial charge in [-0.2, -0.15) is 0 Å². The first kappa shape index (κ1) is 17.6. The van der Waals surface area contributed by atoms with Crippen molar-refractivity contribution in [2.45, 2.75) is 32.0 Å². The molecule has 1 atom stereocenters. The van der Waals surface area contributed by atoms with Crippen LogP contribution < -0.4 is 15.2 Å². The first-order valence-electron chi connectivity index (χ1n) is 9.54. The van der Waals surface area contributed by atoms with E-state index in [1.807, 2.05) is 36.4 Å². The topological polar surface area (TPSA) is 44.5 Å². The fourth-order valence-corrected chi connectivity index (χ4v) is 3.64. The van der Waals surface area contributed by atoms with Crippen molar-refractivity contribution in [1.29, 1.82) is 0 Å². The average molecular weight is 359 g/mol. The van der Waals surface area contributed by atoms with Crippen LogP contribution in [0.1, 0.15) is 34.6 Å². The van der Waals surface area contributed by atoms with Gasteiger partial charge in [-0.3, -0.25) is 0 Å². The van der Waals surface area contributed by atoms with Gasteiger partial charge in [0.1, 0.15) is 13.2 Å². The molecule has 0 saturated heterocycles. The van der Waals surface area contributed by atoms with E-state index in [-0.39, 0.29) is 0 Å². The van der Waals surface area contributed by atoms with Crippen molar-refractivity contribution in [1.82, 2.24) is 0 Å². The molecule has 0 fully saturated rings. The van der Waals surface area contributed by atoms with E-state index in [4.69, 9.17) is 15.2 Å². The minimum atomic E-state index is 0.419. The quantitative estimate of drug-likeness (QED) is 0.657. The second-order valence-electron chi connectivity index (χ2n) is 7.02. The van der Waals surface area contributed by atoms with E-state index in [0.29, 0.717) is 25.7 Å². The molecule has 3 aromatic carbocycles. The van der Waals surface area contributed by atoms with Gasteiger partial charge in [0.15, 0.2) is 11.5 Å². The Morgan fingerprint density at radius 3 is 1.89 bits per heavy atom. The predicted molar refractivity (Wildman–Crippen MR) is 108 cm³/mol. The van der Waals surface area contributed by atoms with Gasteiger partial charge >= 0.3 is 0 Å². The molecule has 0 saturated carbocycles. The smallest absolute Gasteiger partial charge is 0.162 e. The highest BCUT2D eigenvalue weighted by Crippen LogP contribution is 2.40. The van der Waals surface area contributed by atoms with Gasteiger partial charge in [-0.25, -0.2) is 0 Å². The number of aryl methyl sites for hydroxylation is 1. The number of rotatable bonds is 7. The van der Waals surface area contributed by atoms with Crippen LogP contribution in [-0.2, 0) is 19.6 Å². The van der Waals surface area contributed by atoms with Gasteiger partial charge in [0.05, 0.1) is 0 Å². The van der Waals surface area contributed by atoms with Crippen molar-refractivity contribution in [3.05, 3.63) is 95.1 Å². The lowest BCUT2D eigenvalue weighted by atomic mass is 10.0. The van der Waals surface area contributed by atoms with Crippen molar-refractivity contribution >= 4 is 0 Å². The molecule has 1 aliphatic carbocycles. The molecule has 138 valence electrons. The molecule has 1 unspecified atom stereocenters. The van der Waals surface area contributed by atoms with Crippen molar-refractivity contribution in [2.24, 2.45) is 5.73 Å². The summed E-state index contributed by atoms with van der Waals surface area (Å²) in [4.78, 5) is 0. The number of hydrogen-bond acceptors (Lipinski definition) is 3. The molecule has 27 heavy (non-hydrogen) atoms. The first-order chi connectivity index (χ1) is 13.3. The Kier molecular flexibility index (Phi) is 5.40. The molecule has 0 heterocycles. The molecule has 0 spiro atoms. The third kappa shape index (κ3) is 4.15. The van der Waals surface area contributed by atoms with Crippen LogP contribution in [0.4, 0.5) is 0 Å². The van der Waals surface area contributed by atoms with E-state index >= 15 is 0 Å². The number of ether oxygens (including phenoxy) is 2. The summed E-state index contributed by atoms with van der Waals surface area (Å²) < 4.78 is 12.3. The summed E-state index contributed by atoms with van der Waals surface area (Å²) in [5, 5.41) is 0. The molecule has 0 aromatic heterocycles. The van der Waals surface area contributed by atoms with E-state index in [9.17, 15) is 0 Å². The standard InChI is InChI=1S/C24H25NO2/c25-15-21-12-11-20-13-23(26-16-18-7-3-1-4-8-18)24(14-22(20)21)27-17-19-9-5-2-6-10-19/h1-10,13-14,21H,11-12,15-17,25H2. The molecule has 1 aliphatic rings. The van der Waals surface area contributed by atoms with Crippen LogP contribution in [0.25, 0.3) is 0 Å². The largest absolute Gasteiger partial charge is 0.485 e. The zero-order valence-corrected chi connectivity index (χ0v) is 15.4. The fraction of sp³-hybridized carbons (Fsp3) is 0.250. The maximum atomic E-state index is 6.16. The van der Waals surface area contributed by atoms with Gasteiger partial charge in [-0.15, -0.1) is 0 Å². The van der Waals surface area contributed by atoms with Gasteiger partial charge in [0.2, 0.25) is 0 Å². The summed E-state index contributed by atoms with van der Waals surface area (Å²) in [6.07, 6.45) is 2.16. The Hall–Kier alpha value is -2.78. The highest BCUT2D eigenvalue weighted by Gasteiger charge is 2.24. The first-order valence-corrected chi connectivity index (χ1v) is 9.54. The summed E-state index contributed by atoms with van der Waals surface area (Å²) >= 11 is 0. The van der Waals surface area contributed by atoms with E-state index < -0.39 is 0 Å². The minimum absolute atomic E-state index is 0.419. The van der Waals surface area contributed by atoms with Gasteiger partial charge in [0.25, 0.3) is 0 Å². The molecule has 0 bridgehead atoms. The lowest BCUT2D eigenvalue weighted by Crippen LogP contribution is -2.09. The number of fused-ring (bicyclic) bond motifs is 1. The van der Waals surface area contributed by atoms with Crippen LogP contribution in [0, 0.1) is 0 Å². The number of nitrogens with two attached hydrogens (primary N) is 1. The number of benzene rings is 3. The Morgan fingerprint density at radius 1 is 0.778 bits per heavy atom. The summed E-state index contributed by atoms with van der Waals surface area (Å²) in [5.41, 5.74) is 10.9. The van der Waals surface area contributed by atoms with Crippen molar-refractivity contribution in [3.63, 3.8) is 0 Å². The van der Waals surface area contributed by atoms with E-state index in [1.165, 1.54) is 11.1 Å². The van der Waals surface area contributed by atoms with Gasteiger partial charge in [0, 0.05) is 0 Å². The molecule has 0 aliphatic heterocycles. The lowest BCUT2D eigenvalue weighted by Gasteiger charge is -2.17. The van der Waals surface area contributed by atoms with Gasteiger partial charge < -0.3 is 15.2 Å². The Balaban J connectivity index is 1.57. The molecule has 2 N–H and O–H groups in total. The van der Waals surface area contributed by atoms with Crippen LogP contribution in [0.3, 0.4) is 0 Å². The predicted octanol–water partition coefficient (Wildman–Crippen LogP) is 4.83. The summed E-state index contributed by atoms with van der Waals surface area (Å²) in [7, 11) is 0. The molecule has 4 rings (SSSR count). The fourth-order valence-electron chi connectivity index (χ4n) is 3.64. The maximum Gasteiger partial charge on any atom is 0.162 e. The second kappa shape index (κ2) is 8.28. The Bertz CT molecular complexity index is 878. The third-order valence-corrected chi connectivity index (χ3v) is 5.17. The minimum Gasteiger partial charge on any atom is -0.485 e. The average Bonchev–Trinajstić information content (AvgIpc) is 3.13. The molecule has 0 amide bonds. The summed E-state index contributed by atoms with van der Waals surface area (Å²) in [5.74, 6) is 2.03. The van der Waals surface area contributed by atoms with E-state index in [2.05, 4.69) is 36.4 Å². The van der Waals surface area contributed by atoms with E-state index in [0.717, 1.165) is 35.5 Å². The normalized spacial score (nSPS) is 15.4. The Labute approximate surface area is 160 Å². The molecule has 3 aromatic rings. The van der Waals surface area contributed by atoms with Crippen molar-refractivity contribution in [3.8, 4) is 11.5 Å². The molecule has 3 nitrogen and oxygen atoms in total. The SMILES string of the molecule is NCC1CCc2cc(OCc3ccccc3)c(OCc3ccccc3)cc21. The van der Waals surface area contributed by atoms with Crippen LogP contribution in [0.15, 0.2) is 72.8 Å². The highest BCUT2D eigenvalue weighted by atomic mass is 16.5. The molecular formula is C24H25NO2. The zero-order valence-electron chi connectivity index (χ0n) is 15.4. The highest BCUT2D eigenvalue weighted by molar-refractivity contribution is 5.51. The number of hydrogen-bond donors (Lipinski definition) is 1. The zero-order chi connectivity index (χ0) is 18.5. The van der Waals surface area contributed by atoms with Crippen LogP contribution in [-0.4, -0.2) is 6.54 Å². The molecule has 3 heteroatoms. The molecular weight excluding hydrogens is 334 g/mol.